The Bertz CT molecular complexity index is 752. The predicted octanol–water partition coefficient (Wildman–Crippen LogP) is -2.26. The first-order chi connectivity index (χ1) is 11.4. The molecule has 0 radical (unpaired) electrons. The maximum absolute atomic E-state index is 12.3. The van der Waals surface area contributed by atoms with E-state index in [1.54, 1.807) is 24.3 Å². The molecular weight excluding hydrogens is 377 g/mol. The standard InChI is InChI=1S/C15H14ClN3O4S.Na.H/c16-8-6-24-14-10(13(21)19(14)11(8)15(22)23)18-12(20)9(17)7-4-2-1-3-5-7;;/h1-5,9-10,14H,6,17H2,(H,18,20)(H,22,23);;/q;+1;-1/t9?,10-,14-;;/m1../s1. The van der Waals surface area contributed by atoms with Crippen LogP contribution in [0.5, 0.6) is 0 Å². The van der Waals surface area contributed by atoms with Crippen LogP contribution in [0.25, 0.3) is 0 Å². The Hall–Kier alpha value is -1.03. The summed E-state index contributed by atoms with van der Waals surface area (Å²) in [4.78, 5) is 36.9. The number of hydrogen-bond acceptors (Lipinski definition) is 5. The van der Waals surface area contributed by atoms with Gasteiger partial charge in [-0.15, -0.1) is 11.8 Å². The van der Waals surface area contributed by atoms with Crippen molar-refractivity contribution in [2.24, 2.45) is 5.73 Å². The van der Waals surface area contributed by atoms with Crippen LogP contribution in [-0.2, 0) is 14.4 Å². The second-order valence-electron chi connectivity index (χ2n) is 5.34. The number of aliphatic carboxylic acids is 1. The van der Waals surface area contributed by atoms with Crippen LogP contribution in [0.1, 0.15) is 13.0 Å². The summed E-state index contributed by atoms with van der Waals surface area (Å²) in [5.41, 5.74) is 6.32. The molecule has 0 aromatic heterocycles. The largest absolute Gasteiger partial charge is 1.00 e. The molecule has 1 aromatic carbocycles. The van der Waals surface area contributed by atoms with Gasteiger partial charge in [0.05, 0.1) is 5.03 Å². The first-order valence-corrected chi connectivity index (χ1v) is 8.52. The summed E-state index contributed by atoms with van der Waals surface area (Å²) in [6.07, 6.45) is 0. The molecule has 1 unspecified atom stereocenters. The van der Waals surface area contributed by atoms with E-state index in [1.165, 1.54) is 11.8 Å². The zero-order valence-electron chi connectivity index (χ0n) is 14.3. The van der Waals surface area contributed by atoms with Gasteiger partial charge in [-0.1, -0.05) is 41.9 Å². The summed E-state index contributed by atoms with van der Waals surface area (Å²) in [5.74, 6) is -1.98. The van der Waals surface area contributed by atoms with Gasteiger partial charge in [0.1, 0.15) is 23.2 Å². The number of carbonyl (C=O) groups is 3. The summed E-state index contributed by atoms with van der Waals surface area (Å²) in [6.45, 7) is 0. The number of nitrogens with one attached hydrogen (secondary N) is 1. The van der Waals surface area contributed by atoms with Crippen molar-refractivity contribution in [3.63, 3.8) is 0 Å². The van der Waals surface area contributed by atoms with Gasteiger partial charge in [-0.2, -0.15) is 0 Å². The second-order valence-corrected chi connectivity index (χ2v) is 6.90. The van der Waals surface area contributed by atoms with E-state index in [0.717, 1.165) is 4.90 Å². The van der Waals surface area contributed by atoms with E-state index >= 15 is 0 Å². The summed E-state index contributed by atoms with van der Waals surface area (Å²) in [7, 11) is 0. The first kappa shape index (κ1) is 20.3. The number of carbonyl (C=O) groups excluding carboxylic acids is 2. The number of carboxylic acid groups (broad SMARTS) is 1. The van der Waals surface area contributed by atoms with E-state index < -0.39 is 35.2 Å². The number of rotatable bonds is 4. The van der Waals surface area contributed by atoms with Gasteiger partial charge in [-0.25, -0.2) is 4.79 Å². The van der Waals surface area contributed by atoms with E-state index in [9.17, 15) is 19.5 Å². The zero-order chi connectivity index (χ0) is 17.4. The molecule has 128 valence electrons. The number of β-lactam (4-membered cyclic amide) rings is 1. The summed E-state index contributed by atoms with van der Waals surface area (Å²) in [6, 6.07) is 7.07. The molecule has 2 amide bonds. The maximum atomic E-state index is 12.3. The van der Waals surface area contributed by atoms with Gasteiger partial charge in [-0.3, -0.25) is 14.5 Å². The monoisotopic (exact) mass is 391 g/mol. The van der Waals surface area contributed by atoms with E-state index in [2.05, 4.69) is 5.32 Å². The molecule has 2 aliphatic heterocycles. The molecule has 2 aliphatic rings. The van der Waals surface area contributed by atoms with Crippen molar-refractivity contribution in [1.29, 1.82) is 0 Å². The van der Waals surface area contributed by atoms with Crippen LogP contribution in [0.4, 0.5) is 0 Å². The Morgan fingerprint density at radius 2 is 2.04 bits per heavy atom. The fraction of sp³-hybridized carbons (Fsp3) is 0.267. The molecule has 10 heteroatoms. The minimum absolute atomic E-state index is 0. The van der Waals surface area contributed by atoms with Crippen molar-refractivity contribution in [3.05, 3.63) is 46.6 Å². The third-order valence-electron chi connectivity index (χ3n) is 3.86. The predicted molar refractivity (Wildman–Crippen MR) is 90.0 cm³/mol. The fourth-order valence-corrected chi connectivity index (χ4v) is 4.19. The zero-order valence-corrected chi connectivity index (χ0v) is 16.9. The van der Waals surface area contributed by atoms with Crippen LogP contribution in [0.15, 0.2) is 41.1 Å². The molecular formula is C15H15ClN3NaO4S. The van der Waals surface area contributed by atoms with E-state index in [-0.39, 0.29) is 47.5 Å². The SMILES string of the molecule is NC(C(=O)N[C@@H]1C(=O)N2C(C(=O)O)=C(Cl)CS[C@H]12)c1ccccc1.[H-].[Na+]. The van der Waals surface area contributed by atoms with Gasteiger partial charge in [0, 0.05) is 5.75 Å². The van der Waals surface area contributed by atoms with Crippen molar-refractivity contribution in [3.8, 4) is 0 Å². The molecule has 25 heavy (non-hydrogen) atoms. The van der Waals surface area contributed by atoms with Crippen molar-refractivity contribution in [2.45, 2.75) is 17.5 Å². The number of halogens is 1. The average molecular weight is 392 g/mol. The molecule has 0 aliphatic carbocycles. The summed E-state index contributed by atoms with van der Waals surface area (Å²) >= 11 is 7.20. The number of nitrogens with zero attached hydrogens (tertiary/aromatic N) is 1. The minimum atomic E-state index is -1.26. The Labute approximate surface area is 176 Å². The Morgan fingerprint density at radius 1 is 1.40 bits per heavy atom. The van der Waals surface area contributed by atoms with Crippen molar-refractivity contribution >= 4 is 41.1 Å². The third kappa shape index (κ3) is 3.74. The van der Waals surface area contributed by atoms with Gasteiger partial charge in [0.2, 0.25) is 5.91 Å². The van der Waals surface area contributed by atoms with E-state index in [1.807, 2.05) is 6.07 Å². The molecule has 1 saturated heterocycles. The fourth-order valence-electron chi connectivity index (χ4n) is 2.64. The summed E-state index contributed by atoms with van der Waals surface area (Å²) in [5, 5.41) is 11.4. The molecule has 1 fully saturated rings. The van der Waals surface area contributed by atoms with E-state index in [0.29, 0.717) is 5.56 Å². The second kappa shape index (κ2) is 8.11. The van der Waals surface area contributed by atoms with Gasteiger partial charge in [-0.05, 0) is 5.56 Å². The maximum Gasteiger partial charge on any atom is 1.00 e. The van der Waals surface area contributed by atoms with Crippen LogP contribution < -0.4 is 40.6 Å². The molecule has 4 N–H and O–H groups in total. The molecule has 3 rings (SSSR count). The molecule has 2 heterocycles. The first-order valence-electron chi connectivity index (χ1n) is 7.09. The molecule has 0 spiro atoms. The van der Waals surface area contributed by atoms with Gasteiger partial charge >= 0.3 is 35.5 Å². The van der Waals surface area contributed by atoms with Crippen molar-refractivity contribution in [1.82, 2.24) is 10.2 Å². The Balaban J connectivity index is 0.00000169. The number of benzene rings is 1. The topological polar surface area (TPSA) is 113 Å². The molecule has 7 nitrogen and oxygen atoms in total. The van der Waals surface area contributed by atoms with Crippen LogP contribution in [0, 0.1) is 0 Å². The number of carboxylic acids is 1. The van der Waals surface area contributed by atoms with Gasteiger partial charge in [0.25, 0.3) is 5.91 Å². The minimum Gasteiger partial charge on any atom is -1.00 e. The van der Waals surface area contributed by atoms with Crippen LogP contribution in [-0.4, -0.2) is 45.0 Å². The number of hydrogen-bond donors (Lipinski definition) is 3. The van der Waals surface area contributed by atoms with Gasteiger partial charge < -0.3 is 17.6 Å². The van der Waals surface area contributed by atoms with Crippen LogP contribution >= 0.6 is 23.4 Å². The molecule has 3 atom stereocenters. The van der Waals surface area contributed by atoms with Crippen molar-refractivity contribution < 1.29 is 50.5 Å². The molecule has 0 saturated carbocycles. The van der Waals surface area contributed by atoms with Crippen LogP contribution in [0.3, 0.4) is 0 Å². The molecule has 0 bridgehead atoms. The number of amides is 2. The third-order valence-corrected chi connectivity index (χ3v) is 5.61. The number of nitrogens with two attached hydrogens (primary N) is 1. The Kier molecular flexibility index (Phi) is 6.58. The van der Waals surface area contributed by atoms with Crippen molar-refractivity contribution in [2.75, 3.05) is 5.75 Å². The smallest absolute Gasteiger partial charge is 1.00 e. The van der Waals surface area contributed by atoms with Gasteiger partial charge in [0.15, 0.2) is 0 Å². The van der Waals surface area contributed by atoms with E-state index in [4.69, 9.17) is 17.3 Å². The van der Waals surface area contributed by atoms with Crippen LogP contribution in [0.2, 0.25) is 0 Å². The quantitative estimate of drug-likeness (QED) is 0.394. The number of fused-ring (bicyclic) bond motifs is 1. The molecule has 1 aromatic rings. The Morgan fingerprint density at radius 3 is 2.64 bits per heavy atom. The summed E-state index contributed by atoms with van der Waals surface area (Å²) < 4.78 is 0. The normalized spacial score (nSPS) is 23.1. The number of thioether (sulfide) groups is 1. The average Bonchev–Trinajstić information content (AvgIpc) is 2.59.